The Hall–Kier alpha value is -6.70. The number of hydrogen-bond acceptors (Lipinski definition) is 1. The summed E-state index contributed by atoms with van der Waals surface area (Å²) in [7, 11) is 0. The number of anilines is 3. The minimum Gasteiger partial charge on any atom is -0.310 e. The molecule has 0 spiro atoms. The molecule has 0 saturated heterocycles. The van der Waals surface area contributed by atoms with Crippen molar-refractivity contribution >= 4 is 38.6 Å². The molecule has 0 aromatic heterocycles. The molecule has 1 nitrogen and oxygen atoms in total. The van der Waals surface area contributed by atoms with Crippen molar-refractivity contribution in [3.8, 4) is 44.5 Å². The van der Waals surface area contributed by atoms with Gasteiger partial charge in [-0.05, 0) is 96.8 Å². The van der Waals surface area contributed by atoms with Crippen LogP contribution in [-0.4, -0.2) is 0 Å². The number of fused-ring (bicyclic) bond motifs is 2. The fourth-order valence-corrected chi connectivity index (χ4v) is 7.07. The first-order valence-corrected chi connectivity index (χ1v) is 17.3. The van der Waals surface area contributed by atoms with E-state index in [1.165, 1.54) is 10.8 Å². The standard InChI is InChI=1S/C50H35N/c1-4-14-36(15-5-1)43-28-33-49(48(35-43)39-19-8-3-9-20-39)51(45-31-24-37-16-10-11-22-42(37)34-45)44-29-25-41(26-30-44)50-46-23-13-12-21-40(46)27-32-47(50)38-17-6-2-7-18-38/h1-35H/i28D,33D,35D. The van der Waals surface area contributed by atoms with Gasteiger partial charge >= 0.3 is 0 Å². The fourth-order valence-electron chi connectivity index (χ4n) is 7.07. The maximum absolute atomic E-state index is 9.75. The van der Waals surface area contributed by atoms with Crippen molar-refractivity contribution in [2.45, 2.75) is 0 Å². The Labute approximate surface area is 303 Å². The summed E-state index contributed by atoms with van der Waals surface area (Å²) in [6.45, 7) is 0. The Morgan fingerprint density at radius 3 is 1.61 bits per heavy atom. The second-order valence-electron chi connectivity index (χ2n) is 12.7. The van der Waals surface area contributed by atoms with Crippen molar-refractivity contribution in [2.75, 3.05) is 4.90 Å². The molecular weight excluding hydrogens is 615 g/mol. The van der Waals surface area contributed by atoms with Crippen LogP contribution >= 0.6 is 0 Å². The summed E-state index contributed by atoms with van der Waals surface area (Å²) in [6.07, 6.45) is 0. The average Bonchev–Trinajstić information content (AvgIpc) is 3.23. The van der Waals surface area contributed by atoms with Crippen LogP contribution in [-0.2, 0) is 0 Å². The lowest BCUT2D eigenvalue weighted by Gasteiger charge is -2.29. The van der Waals surface area contributed by atoms with Crippen LogP contribution in [0.25, 0.3) is 66.1 Å². The van der Waals surface area contributed by atoms with Crippen molar-refractivity contribution < 1.29 is 4.11 Å². The zero-order chi connectivity index (χ0) is 36.6. The molecule has 9 rings (SSSR count). The van der Waals surface area contributed by atoms with Gasteiger partial charge in [0.2, 0.25) is 0 Å². The Morgan fingerprint density at radius 1 is 0.353 bits per heavy atom. The lowest BCUT2D eigenvalue weighted by Crippen LogP contribution is -2.11. The van der Waals surface area contributed by atoms with E-state index in [1.807, 2.05) is 78.9 Å². The summed E-state index contributed by atoms with van der Waals surface area (Å²) in [6, 6.07) is 66.2. The van der Waals surface area contributed by atoms with Crippen LogP contribution in [0.15, 0.2) is 212 Å². The topological polar surface area (TPSA) is 3.24 Å². The van der Waals surface area contributed by atoms with Gasteiger partial charge in [-0.1, -0.05) is 176 Å². The van der Waals surface area contributed by atoms with Crippen molar-refractivity contribution in [3.63, 3.8) is 0 Å². The molecule has 0 amide bonds. The van der Waals surface area contributed by atoms with E-state index < -0.39 is 0 Å². The van der Waals surface area contributed by atoms with E-state index in [2.05, 4.69) is 120 Å². The first-order chi connectivity index (χ1) is 26.6. The second-order valence-corrected chi connectivity index (χ2v) is 12.7. The quantitative estimate of drug-likeness (QED) is 0.166. The van der Waals surface area contributed by atoms with Crippen LogP contribution < -0.4 is 4.90 Å². The lowest BCUT2D eigenvalue weighted by atomic mass is 9.89. The third kappa shape index (κ3) is 5.86. The molecule has 9 aromatic rings. The largest absolute Gasteiger partial charge is 0.310 e. The summed E-state index contributed by atoms with van der Waals surface area (Å²) >= 11 is 0. The van der Waals surface area contributed by atoms with Crippen LogP contribution in [0.1, 0.15) is 4.11 Å². The predicted octanol–water partition coefficient (Wildman–Crippen LogP) is 14.1. The van der Waals surface area contributed by atoms with E-state index in [0.29, 0.717) is 16.8 Å². The average molecular weight is 653 g/mol. The first-order valence-electron chi connectivity index (χ1n) is 18.8. The number of hydrogen-bond donors (Lipinski definition) is 0. The highest BCUT2D eigenvalue weighted by molar-refractivity contribution is 6.04. The third-order valence-corrected chi connectivity index (χ3v) is 9.56. The van der Waals surface area contributed by atoms with Gasteiger partial charge in [0.15, 0.2) is 0 Å². The highest BCUT2D eigenvalue weighted by Crippen LogP contribution is 2.45. The molecule has 0 aliphatic heterocycles. The molecule has 0 N–H and O–H groups in total. The molecule has 51 heavy (non-hydrogen) atoms. The van der Waals surface area contributed by atoms with E-state index in [4.69, 9.17) is 0 Å². The molecule has 9 aromatic carbocycles. The summed E-state index contributed by atoms with van der Waals surface area (Å²) in [4.78, 5) is 2.06. The van der Waals surface area contributed by atoms with E-state index in [0.717, 1.165) is 55.5 Å². The minimum absolute atomic E-state index is 0.0200. The van der Waals surface area contributed by atoms with Crippen molar-refractivity contribution in [1.29, 1.82) is 0 Å². The smallest absolute Gasteiger partial charge is 0.0645 e. The third-order valence-electron chi connectivity index (χ3n) is 9.56. The summed E-state index contributed by atoms with van der Waals surface area (Å²) in [5.41, 5.74) is 9.31. The van der Waals surface area contributed by atoms with Gasteiger partial charge in [-0.25, -0.2) is 0 Å². The molecule has 0 atom stereocenters. The van der Waals surface area contributed by atoms with Crippen LogP contribution in [0.2, 0.25) is 0 Å². The van der Waals surface area contributed by atoms with Crippen molar-refractivity contribution in [1.82, 2.24) is 0 Å². The summed E-state index contributed by atoms with van der Waals surface area (Å²) in [5.74, 6) is 0. The van der Waals surface area contributed by atoms with Gasteiger partial charge in [0.05, 0.1) is 9.80 Å². The first kappa shape index (κ1) is 27.2. The molecule has 0 fully saturated rings. The van der Waals surface area contributed by atoms with Crippen molar-refractivity contribution in [2.24, 2.45) is 0 Å². The molecular formula is C50H35N. The number of rotatable bonds is 7. The summed E-state index contributed by atoms with van der Waals surface area (Å²) in [5, 5.41) is 4.51. The van der Waals surface area contributed by atoms with Gasteiger partial charge in [-0.2, -0.15) is 0 Å². The molecule has 1 heteroatoms. The summed E-state index contributed by atoms with van der Waals surface area (Å²) < 4.78 is 28.9. The highest BCUT2D eigenvalue weighted by atomic mass is 15.1. The number of nitrogens with zero attached hydrogens (tertiary/aromatic N) is 1. The fraction of sp³-hybridized carbons (Fsp3) is 0. The van der Waals surface area contributed by atoms with E-state index in [-0.39, 0.29) is 18.1 Å². The van der Waals surface area contributed by atoms with Gasteiger partial charge in [-0.15, -0.1) is 0 Å². The van der Waals surface area contributed by atoms with Gasteiger partial charge in [0.25, 0.3) is 0 Å². The van der Waals surface area contributed by atoms with Crippen LogP contribution in [0, 0.1) is 0 Å². The van der Waals surface area contributed by atoms with Gasteiger partial charge < -0.3 is 4.90 Å². The Balaban J connectivity index is 1.30. The SMILES string of the molecule is [2H]c1c([2H])c(N(c2ccc(-c3c(-c4ccccc4)ccc4ccccc34)cc2)c2ccc3ccccc3c2)c(-c2ccccc2)c([2H])c1-c1ccccc1. The molecule has 0 heterocycles. The van der Waals surface area contributed by atoms with Crippen LogP contribution in [0.4, 0.5) is 17.1 Å². The molecule has 0 radical (unpaired) electrons. The molecule has 0 unspecified atom stereocenters. The Morgan fingerprint density at radius 2 is 0.902 bits per heavy atom. The van der Waals surface area contributed by atoms with E-state index in [9.17, 15) is 4.11 Å². The molecule has 240 valence electrons. The highest BCUT2D eigenvalue weighted by Gasteiger charge is 2.20. The molecule has 0 aliphatic rings. The Kier molecular flexibility index (Phi) is 7.09. The maximum atomic E-state index is 9.75. The molecule has 0 saturated carbocycles. The number of benzene rings is 9. The van der Waals surface area contributed by atoms with Gasteiger partial charge in [0, 0.05) is 16.9 Å². The second kappa shape index (κ2) is 13.3. The van der Waals surface area contributed by atoms with Gasteiger partial charge in [0.1, 0.15) is 0 Å². The van der Waals surface area contributed by atoms with E-state index in [1.54, 1.807) is 0 Å². The monoisotopic (exact) mass is 652 g/mol. The Bertz CT molecular complexity index is 2780. The van der Waals surface area contributed by atoms with Crippen molar-refractivity contribution in [3.05, 3.63) is 212 Å². The van der Waals surface area contributed by atoms with Gasteiger partial charge in [-0.3, -0.25) is 0 Å². The lowest BCUT2D eigenvalue weighted by molar-refractivity contribution is 1.29. The molecule has 0 bridgehead atoms. The minimum atomic E-state index is 0.0200. The predicted molar refractivity (Wildman–Crippen MR) is 218 cm³/mol. The normalized spacial score (nSPS) is 12.0. The maximum Gasteiger partial charge on any atom is 0.0645 e. The zero-order valence-electron chi connectivity index (χ0n) is 30.9. The molecule has 0 aliphatic carbocycles. The van der Waals surface area contributed by atoms with Crippen LogP contribution in [0.3, 0.4) is 0 Å². The van der Waals surface area contributed by atoms with Crippen LogP contribution in [0.5, 0.6) is 0 Å². The van der Waals surface area contributed by atoms with E-state index >= 15 is 0 Å². The zero-order valence-corrected chi connectivity index (χ0v) is 27.9.